The molecule has 0 fully saturated rings. The minimum absolute atomic E-state index is 0.296. The second-order valence-electron chi connectivity index (χ2n) is 5.12. The Kier molecular flexibility index (Phi) is 6.26. The van der Waals surface area contributed by atoms with Gasteiger partial charge in [0.2, 0.25) is 5.78 Å². The zero-order chi connectivity index (χ0) is 17.5. The number of benzene rings is 2. The summed E-state index contributed by atoms with van der Waals surface area (Å²) in [5, 5.41) is 2.47. The maximum atomic E-state index is 12.0. The normalized spacial score (nSPS) is 10.1. The number of carbonyl (C=O) groups excluding carboxylic acids is 3. The molecular weight excluding hydrogens is 374 g/mol. The molecule has 1 N–H and O–H groups in total. The molecule has 0 saturated heterocycles. The minimum Gasteiger partial charge on any atom is -0.456 e. The summed E-state index contributed by atoms with van der Waals surface area (Å²) in [5.74, 6) is -1.36. The maximum absolute atomic E-state index is 12.0. The molecule has 0 spiro atoms. The lowest BCUT2D eigenvalue weighted by Gasteiger charge is -2.07. The predicted octanol–water partition coefficient (Wildman–Crippen LogP) is 2.91. The van der Waals surface area contributed by atoms with Crippen LogP contribution < -0.4 is 5.32 Å². The monoisotopic (exact) mass is 389 g/mol. The fraction of sp³-hybridized carbons (Fsp3) is 0.167. The van der Waals surface area contributed by atoms with Crippen LogP contribution in [0.25, 0.3) is 0 Å². The van der Waals surface area contributed by atoms with Gasteiger partial charge < -0.3 is 10.1 Å². The second-order valence-corrected chi connectivity index (χ2v) is 5.97. The molecule has 1 amide bonds. The number of aryl methyl sites for hydroxylation is 1. The summed E-state index contributed by atoms with van der Waals surface area (Å²) in [4.78, 5) is 35.6. The number of ether oxygens (including phenoxy) is 1. The molecule has 0 aliphatic carbocycles. The lowest BCUT2D eigenvalue weighted by molar-refractivity contribution is -0.141. The van der Waals surface area contributed by atoms with Gasteiger partial charge in [-0.2, -0.15) is 0 Å². The molecular formula is C18H16BrNO4. The molecule has 5 nitrogen and oxygen atoms in total. The highest BCUT2D eigenvalue weighted by atomic mass is 79.9. The predicted molar refractivity (Wildman–Crippen MR) is 92.9 cm³/mol. The van der Waals surface area contributed by atoms with Crippen LogP contribution >= 0.6 is 15.9 Å². The van der Waals surface area contributed by atoms with Crippen LogP contribution in [0.5, 0.6) is 0 Å². The van der Waals surface area contributed by atoms with Crippen molar-refractivity contribution in [1.29, 1.82) is 0 Å². The number of esters is 1. The zero-order valence-corrected chi connectivity index (χ0v) is 14.6. The summed E-state index contributed by atoms with van der Waals surface area (Å²) in [7, 11) is 0. The molecule has 0 aromatic heterocycles. The molecule has 0 saturated carbocycles. The third kappa shape index (κ3) is 5.03. The largest absolute Gasteiger partial charge is 0.456 e. The van der Waals surface area contributed by atoms with E-state index in [2.05, 4.69) is 21.2 Å². The van der Waals surface area contributed by atoms with E-state index in [9.17, 15) is 14.4 Å². The molecule has 0 atom stereocenters. The van der Waals surface area contributed by atoms with Crippen LogP contribution in [0.3, 0.4) is 0 Å². The molecule has 0 heterocycles. The first kappa shape index (κ1) is 17.9. The van der Waals surface area contributed by atoms with E-state index in [1.165, 1.54) is 0 Å². The first-order valence-corrected chi connectivity index (χ1v) is 8.05. The lowest BCUT2D eigenvalue weighted by Crippen LogP contribution is -2.31. The van der Waals surface area contributed by atoms with E-state index in [1.807, 2.05) is 13.0 Å². The molecule has 2 aromatic rings. The van der Waals surface area contributed by atoms with Gasteiger partial charge >= 0.3 is 5.97 Å². The van der Waals surface area contributed by atoms with Gasteiger partial charge in [0.15, 0.2) is 6.61 Å². The summed E-state index contributed by atoms with van der Waals surface area (Å²) in [6, 6.07) is 13.9. The van der Waals surface area contributed by atoms with Crippen LogP contribution in [0.2, 0.25) is 0 Å². The fourth-order valence-electron chi connectivity index (χ4n) is 2.00. The highest BCUT2D eigenvalue weighted by molar-refractivity contribution is 9.10. The van der Waals surface area contributed by atoms with Gasteiger partial charge in [-0.1, -0.05) is 51.8 Å². The summed E-state index contributed by atoms with van der Waals surface area (Å²) >= 11 is 3.27. The van der Waals surface area contributed by atoms with Crippen molar-refractivity contribution in [3.63, 3.8) is 0 Å². The number of amides is 1. The van der Waals surface area contributed by atoms with E-state index >= 15 is 0 Å². The van der Waals surface area contributed by atoms with Crippen LogP contribution in [-0.4, -0.2) is 30.8 Å². The first-order chi connectivity index (χ1) is 11.5. The van der Waals surface area contributed by atoms with Gasteiger partial charge in [0.25, 0.3) is 5.91 Å². The van der Waals surface area contributed by atoms with E-state index < -0.39 is 5.97 Å². The van der Waals surface area contributed by atoms with Crippen molar-refractivity contribution in [2.75, 3.05) is 13.2 Å². The molecule has 2 aromatic carbocycles. The number of halogens is 1. The number of ketones is 1. The summed E-state index contributed by atoms with van der Waals surface area (Å²) < 4.78 is 5.54. The highest BCUT2D eigenvalue weighted by Gasteiger charge is 2.13. The number of rotatable bonds is 6. The number of Topliss-reactive ketones (excluding diaryl/α,β-unsaturated/α-hetero) is 1. The van der Waals surface area contributed by atoms with Crippen molar-refractivity contribution in [2.24, 2.45) is 0 Å². The van der Waals surface area contributed by atoms with Gasteiger partial charge in [-0.25, -0.2) is 0 Å². The van der Waals surface area contributed by atoms with Crippen molar-refractivity contribution < 1.29 is 19.1 Å². The van der Waals surface area contributed by atoms with Crippen molar-refractivity contribution in [1.82, 2.24) is 5.32 Å². The van der Waals surface area contributed by atoms with Crippen LogP contribution in [0.1, 0.15) is 26.3 Å². The Morgan fingerprint density at radius 3 is 2.54 bits per heavy atom. The van der Waals surface area contributed by atoms with Gasteiger partial charge in [0.1, 0.15) is 6.54 Å². The second kappa shape index (κ2) is 8.40. The third-order valence-electron chi connectivity index (χ3n) is 3.21. The minimum atomic E-state index is -0.670. The Morgan fingerprint density at radius 1 is 1.08 bits per heavy atom. The standard InChI is InChI=1S/C18H16BrNO4/c1-12-5-4-6-13(9-12)18(23)20-10-17(22)24-11-16(21)14-7-2-3-8-15(14)19/h2-9H,10-11H2,1H3,(H,20,23). The van der Waals surface area contributed by atoms with Crippen LogP contribution in [0.4, 0.5) is 0 Å². The average molecular weight is 390 g/mol. The fourth-order valence-corrected chi connectivity index (χ4v) is 2.51. The molecule has 6 heteroatoms. The quantitative estimate of drug-likeness (QED) is 0.608. The third-order valence-corrected chi connectivity index (χ3v) is 3.90. The SMILES string of the molecule is Cc1cccc(C(=O)NCC(=O)OCC(=O)c2ccccc2Br)c1. The number of hydrogen-bond acceptors (Lipinski definition) is 4. The smallest absolute Gasteiger partial charge is 0.325 e. The van der Waals surface area contributed by atoms with E-state index in [0.717, 1.165) is 5.56 Å². The molecule has 2 rings (SSSR count). The Labute approximate surface area is 148 Å². The first-order valence-electron chi connectivity index (χ1n) is 7.25. The van der Waals surface area contributed by atoms with Crippen molar-refractivity contribution in [3.8, 4) is 0 Å². The number of nitrogens with one attached hydrogen (secondary N) is 1. The van der Waals surface area contributed by atoms with Crippen molar-refractivity contribution in [3.05, 3.63) is 69.7 Å². The van der Waals surface area contributed by atoms with E-state index in [-0.39, 0.29) is 24.8 Å². The Balaban J connectivity index is 1.80. The Hall–Kier alpha value is -2.47. The average Bonchev–Trinajstić information content (AvgIpc) is 2.58. The van der Waals surface area contributed by atoms with E-state index in [1.54, 1.807) is 42.5 Å². The molecule has 0 radical (unpaired) electrons. The van der Waals surface area contributed by atoms with Crippen LogP contribution in [0.15, 0.2) is 53.0 Å². The van der Waals surface area contributed by atoms with Crippen LogP contribution in [-0.2, 0) is 9.53 Å². The zero-order valence-electron chi connectivity index (χ0n) is 13.0. The molecule has 24 heavy (non-hydrogen) atoms. The molecule has 124 valence electrons. The highest BCUT2D eigenvalue weighted by Crippen LogP contribution is 2.16. The van der Waals surface area contributed by atoms with Gasteiger partial charge in [0, 0.05) is 15.6 Å². The van der Waals surface area contributed by atoms with E-state index in [0.29, 0.717) is 15.6 Å². The van der Waals surface area contributed by atoms with Gasteiger partial charge in [-0.15, -0.1) is 0 Å². The van der Waals surface area contributed by atoms with Crippen LogP contribution in [0, 0.1) is 6.92 Å². The summed E-state index contributed by atoms with van der Waals surface area (Å²) in [5.41, 5.74) is 1.85. The topological polar surface area (TPSA) is 72.5 Å². The molecule has 0 aliphatic heterocycles. The Morgan fingerprint density at radius 2 is 1.83 bits per heavy atom. The molecule has 0 bridgehead atoms. The number of carbonyl (C=O) groups is 3. The molecule has 0 aliphatic rings. The van der Waals surface area contributed by atoms with Gasteiger partial charge in [-0.05, 0) is 25.1 Å². The Bertz CT molecular complexity index is 773. The summed E-state index contributed by atoms with van der Waals surface area (Å²) in [6.07, 6.45) is 0. The summed E-state index contributed by atoms with van der Waals surface area (Å²) in [6.45, 7) is 1.20. The number of hydrogen-bond donors (Lipinski definition) is 1. The van der Waals surface area contributed by atoms with Crippen molar-refractivity contribution in [2.45, 2.75) is 6.92 Å². The van der Waals surface area contributed by atoms with E-state index in [4.69, 9.17) is 4.74 Å². The van der Waals surface area contributed by atoms with Gasteiger partial charge in [0.05, 0.1) is 0 Å². The molecule has 0 unspecified atom stereocenters. The lowest BCUT2D eigenvalue weighted by atomic mass is 10.1. The maximum Gasteiger partial charge on any atom is 0.325 e. The van der Waals surface area contributed by atoms with Gasteiger partial charge in [-0.3, -0.25) is 14.4 Å². The van der Waals surface area contributed by atoms with Crippen molar-refractivity contribution >= 4 is 33.6 Å².